The maximum absolute atomic E-state index is 12.5. The van der Waals surface area contributed by atoms with Gasteiger partial charge < -0.3 is 20.3 Å². The van der Waals surface area contributed by atoms with Gasteiger partial charge in [0, 0.05) is 57.6 Å². The predicted octanol–water partition coefficient (Wildman–Crippen LogP) is 3.78. The lowest BCUT2D eigenvalue weighted by Gasteiger charge is -2.29. The van der Waals surface area contributed by atoms with Gasteiger partial charge >= 0.3 is 0 Å². The number of methoxy groups -OCH3 is 1. The molecule has 2 aliphatic rings. The van der Waals surface area contributed by atoms with Gasteiger partial charge in [-0.15, -0.1) is 0 Å². The van der Waals surface area contributed by atoms with Crippen molar-refractivity contribution in [1.82, 2.24) is 25.1 Å². The number of benzene rings is 1. The normalized spacial score (nSPS) is 21.1. The van der Waals surface area contributed by atoms with E-state index < -0.39 is 5.41 Å². The SMILES string of the molecule is CNC(=O)[C@]1(C)CC[C@@H](Nc2ncc3c(Br)nn(-c4cc(CCCOC)c5c(c4)CCC(=O)N5C)c3n2)C1. The lowest BCUT2D eigenvalue weighted by atomic mass is 9.87. The molecule has 10 nitrogen and oxygen atoms in total. The number of halogens is 1. The minimum Gasteiger partial charge on any atom is -0.385 e. The number of aryl methyl sites for hydroxylation is 2. The molecule has 1 saturated carbocycles. The first-order chi connectivity index (χ1) is 18.2. The number of amides is 2. The summed E-state index contributed by atoms with van der Waals surface area (Å²) in [5.74, 6) is 0.718. The van der Waals surface area contributed by atoms with Gasteiger partial charge in [0.25, 0.3) is 0 Å². The third-order valence-electron chi connectivity index (χ3n) is 7.84. The van der Waals surface area contributed by atoms with Gasteiger partial charge in [-0.2, -0.15) is 10.1 Å². The van der Waals surface area contributed by atoms with E-state index in [0.717, 1.165) is 60.0 Å². The Labute approximate surface area is 230 Å². The van der Waals surface area contributed by atoms with Gasteiger partial charge in [-0.1, -0.05) is 6.92 Å². The molecule has 0 spiro atoms. The van der Waals surface area contributed by atoms with Gasteiger partial charge in [0.15, 0.2) is 5.65 Å². The van der Waals surface area contributed by atoms with Gasteiger partial charge in [-0.3, -0.25) is 9.59 Å². The lowest BCUT2D eigenvalue weighted by Crippen LogP contribution is -2.35. The summed E-state index contributed by atoms with van der Waals surface area (Å²) < 4.78 is 7.79. The molecule has 1 fully saturated rings. The predicted molar refractivity (Wildman–Crippen MR) is 150 cm³/mol. The number of rotatable bonds is 8. The highest BCUT2D eigenvalue weighted by molar-refractivity contribution is 9.10. The van der Waals surface area contributed by atoms with E-state index in [1.165, 1.54) is 0 Å². The van der Waals surface area contributed by atoms with Crippen LogP contribution in [0.2, 0.25) is 0 Å². The van der Waals surface area contributed by atoms with E-state index in [4.69, 9.17) is 14.8 Å². The molecule has 2 aromatic heterocycles. The third-order valence-corrected chi connectivity index (χ3v) is 8.42. The van der Waals surface area contributed by atoms with Crippen LogP contribution in [0.5, 0.6) is 0 Å². The van der Waals surface area contributed by atoms with Crippen LogP contribution in [0, 0.1) is 5.41 Å². The van der Waals surface area contributed by atoms with Crippen molar-refractivity contribution in [2.75, 3.05) is 38.0 Å². The first-order valence-electron chi connectivity index (χ1n) is 13.1. The fraction of sp³-hybridized carbons (Fsp3) is 0.519. The number of aromatic nitrogens is 4. The Morgan fingerprint density at radius 2 is 2.13 bits per heavy atom. The number of ether oxygens (including phenoxy) is 1. The zero-order valence-corrected chi connectivity index (χ0v) is 23.9. The number of hydrogen-bond donors (Lipinski definition) is 2. The quantitative estimate of drug-likeness (QED) is 0.388. The van der Waals surface area contributed by atoms with Crippen LogP contribution in [0.3, 0.4) is 0 Å². The smallest absolute Gasteiger partial charge is 0.227 e. The van der Waals surface area contributed by atoms with E-state index in [0.29, 0.717) is 35.6 Å². The van der Waals surface area contributed by atoms with E-state index in [9.17, 15) is 9.59 Å². The van der Waals surface area contributed by atoms with Crippen molar-refractivity contribution in [3.8, 4) is 5.69 Å². The average Bonchev–Trinajstić information content (AvgIpc) is 3.45. The molecule has 38 heavy (non-hydrogen) atoms. The van der Waals surface area contributed by atoms with Gasteiger partial charge in [0.1, 0.15) is 4.60 Å². The molecule has 5 rings (SSSR count). The van der Waals surface area contributed by atoms with Crippen molar-refractivity contribution in [2.45, 2.75) is 57.9 Å². The topological polar surface area (TPSA) is 114 Å². The molecule has 3 aromatic rings. The van der Waals surface area contributed by atoms with Gasteiger partial charge in [0.2, 0.25) is 17.8 Å². The van der Waals surface area contributed by atoms with Crippen LogP contribution in [0.1, 0.15) is 50.2 Å². The molecule has 2 N–H and O–H groups in total. The van der Waals surface area contributed by atoms with E-state index >= 15 is 0 Å². The molecule has 0 unspecified atom stereocenters. The molecule has 2 atom stereocenters. The molecule has 202 valence electrons. The number of carbonyl (C=O) groups excluding carboxylic acids is 2. The van der Waals surface area contributed by atoms with Crippen molar-refractivity contribution < 1.29 is 14.3 Å². The molecule has 1 aromatic carbocycles. The Balaban J connectivity index is 1.50. The van der Waals surface area contributed by atoms with E-state index in [1.54, 1.807) is 25.3 Å². The zero-order valence-electron chi connectivity index (χ0n) is 22.3. The second-order valence-corrected chi connectivity index (χ2v) is 11.3. The van der Waals surface area contributed by atoms with Crippen LogP contribution >= 0.6 is 15.9 Å². The maximum atomic E-state index is 12.5. The molecule has 2 amide bonds. The first-order valence-corrected chi connectivity index (χ1v) is 13.8. The maximum Gasteiger partial charge on any atom is 0.227 e. The third kappa shape index (κ3) is 4.89. The van der Waals surface area contributed by atoms with Gasteiger partial charge in [-0.25, -0.2) is 9.67 Å². The number of nitrogens with one attached hydrogen (secondary N) is 2. The molecule has 1 aliphatic carbocycles. The molecule has 11 heteroatoms. The Bertz CT molecular complexity index is 1390. The fourth-order valence-corrected chi connectivity index (χ4v) is 6.23. The highest BCUT2D eigenvalue weighted by atomic mass is 79.9. The minimum atomic E-state index is -0.391. The second-order valence-electron chi connectivity index (χ2n) is 10.5. The standard InChI is InChI=1S/C27H34BrN7O3/c1-27(25(37)29-2)10-9-18(14-27)31-26-30-15-20-23(28)33-35(24(20)32-26)19-12-16(6-5-11-38-4)22-17(13-19)7-8-21(36)34(22)3/h12-13,15,18H,5-11,14H2,1-4H3,(H,29,37)(H,30,31,32)/t18-,27-/m1/s1. The second kappa shape index (κ2) is 10.6. The van der Waals surface area contributed by atoms with Gasteiger partial charge in [0.05, 0.1) is 11.1 Å². The summed E-state index contributed by atoms with van der Waals surface area (Å²) in [6, 6.07) is 4.32. The summed E-state index contributed by atoms with van der Waals surface area (Å²) in [6.07, 6.45) is 7.00. The molecule has 0 radical (unpaired) electrons. The fourth-order valence-electron chi connectivity index (χ4n) is 5.79. The number of fused-ring (bicyclic) bond motifs is 2. The van der Waals surface area contributed by atoms with Crippen molar-refractivity contribution in [2.24, 2.45) is 5.41 Å². The Morgan fingerprint density at radius 3 is 2.89 bits per heavy atom. The Hall–Kier alpha value is -3.05. The van der Waals surface area contributed by atoms with Crippen LogP contribution in [0.15, 0.2) is 22.9 Å². The van der Waals surface area contributed by atoms with Crippen molar-refractivity contribution in [3.05, 3.63) is 34.1 Å². The largest absolute Gasteiger partial charge is 0.385 e. The molecule has 0 bridgehead atoms. The van der Waals surface area contributed by atoms with Crippen molar-refractivity contribution >= 4 is 50.4 Å². The molecule has 0 saturated heterocycles. The first kappa shape index (κ1) is 26.6. The van der Waals surface area contributed by atoms with E-state index in [2.05, 4.69) is 43.7 Å². The molecule has 1 aliphatic heterocycles. The number of carbonyl (C=O) groups is 2. The van der Waals surface area contributed by atoms with E-state index in [-0.39, 0.29) is 17.9 Å². The molecule has 3 heterocycles. The van der Waals surface area contributed by atoms with Crippen molar-refractivity contribution in [3.63, 3.8) is 0 Å². The molecular formula is C27H34BrN7O3. The van der Waals surface area contributed by atoms with Crippen LogP contribution in [0.25, 0.3) is 16.7 Å². The van der Waals surface area contributed by atoms with Crippen molar-refractivity contribution in [1.29, 1.82) is 0 Å². The zero-order chi connectivity index (χ0) is 27.0. The Morgan fingerprint density at radius 1 is 1.32 bits per heavy atom. The average molecular weight is 585 g/mol. The van der Waals surface area contributed by atoms with Crippen LogP contribution < -0.4 is 15.5 Å². The highest BCUT2D eigenvalue weighted by Gasteiger charge is 2.41. The lowest BCUT2D eigenvalue weighted by molar-refractivity contribution is -0.129. The number of hydrogen-bond acceptors (Lipinski definition) is 7. The molecular weight excluding hydrogens is 550 g/mol. The Kier molecular flexibility index (Phi) is 7.41. The van der Waals surface area contributed by atoms with E-state index in [1.807, 2.05) is 18.7 Å². The van der Waals surface area contributed by atoms with Gasteiger partial charge in [-0.05, 0) is 77.7 Å². The van der Waals surface area contributed by atoms with Crippen LogP contribution in [0.4, 0.5) is 11.6 Å². The summed E-state index contributed by atoms with van der Waals surface area (Å²) >= 11 is 3.58. The number of anilines is 2. The summed E-state index contributed by atoms with van der Waals surface area (Å²) in [5, 5.41) is 11.8. The summed E-state index contributed by atoms with van der Waals surface area (Å²) in [6.45, 7) is 2.66. The summed E-state index contributed by atoms with van der Waals surface area (Å²) in [5.41, 5.74) is 4.41. The van der Waals surface area contributed by atoms with Crippen LogP contribution in [-0.2, 0) is 27.2 Å². The summed E-state index contributed by atoms with van der Waals surface area (Å²) in [7, 11) is 5.23. The summed E-state index contributed by atoms with van der Waals surface area (Å²) in [4.78, 5) is 36.0. The number of nitrogens with zero attached hydrogens (tertiary/aromatic N) is 5. The van der Waals surface area contributed by atoms with Crippen LogP contribution in [-0.4, -0.2) is 65.4 Å². The highest BCUT2D eigenvalue weighted by Crippen LogP contribution is 2.39. The minimum absolute atomic E-state index is 0.0706. The monoisotopic (exact) mass is 583 g/mol.